The molecule has 1 amide bonds. The van der Waals surface area contributed by atoms with Crippen LogP contribution < -0.4 is 5.32 Å². The Morgan fingerprint density at radius 2 is 1.75 bits per heavy atom. The Bertz CT molecular complexity index is 680. The van der Waals surface area contributed by atoms with Gasteiger partial charge in [-0.25, -0.2) is 4.39 Å². The van der Waals surface area contributed by atoms with Gasteiger partial charge in [-0.15, -0.1) is 0 Å². The number of hydrogen-bond acceptors (Lipinski definition) is 2. The van der Waals surface area contributed by atoms with Gasteiger partial charge in [-0.3, -0.25) is 9.59 Å². The minimum atomic E-state index is -0.494. The van der Waals surface area contributed by atoms with E-state index in [2.05, 4.69) is 5.32 Å². The van der Waals surface area contributed by atoms with E-state index >= 15 is 0 Å². The molecule has 20 heavy (non-hydrogen) atoms. The van der Waals surface area contributed by atoms with Gasteiger partial charge in [0.05, 0.1) is 5.69 Å². The molecule has 102 valence electrons. The second-order valence-corrected chi connectivity index (χ2v) is 4.57. The Balaban J connectivity index is 2.26. The molecule has 0 aliphatic rings. The van der Waals surface area contributed by atoms with Gasteiger partial charge in [-0.1, -0.05) is 18.2 Å². The maximum Gasteiger partial charge on any atom is 0.255 e. The maximum absolute atomic E-state index is 13.6. The molecule has 3 nitrogen and oxygen atoms in total. The topological polar surface area (TPSA) is 46.2 Å². The van der Waals surface area contributed by atoms with Gasteiger partial charge >= 0.3 is 0 Å². The Kier molecular flexibility index (Phi) is 3.94. The average molecular weight is 271 g/mol. The number of halogens is 1. The molecule has 1 N–H and O–H groups in total. The highest BCUT2D eigenvalue weighted by Crippen LogP contribution is 2.17. The third-order valence-corrected chi connectivity index (χ3v) is 2.90. The summed E-state index contributed by atoms with van der Waals surface area (Å²) in [4.78, 5) is 23.3. The fraction of sp³-hybridized carbons (Fsp3) is 0.125. The predicted octanol–water partition coefficient (Wildman–Crippen LogP) is 3.59. The number of ketones is 1. The Labute approximate surface area is 116 Å². The van der Waals surface area contributed by atoms with Gasteiger partial charge in [0.2, 0.25) is 0 Å². The van der Waals surface area contributed by atoms with E-state index in [1.807, 2.05) is 6.92 Å². The number of nitrogens with one attached hydrogen (secondary N) is 1. The van der Waals surface area contributed by atoms with Crippen molar-refractivity contribution >= 4 is 17.4 Å². The molecule has 0 radical (unpaired) electrons. The summed E-state index contributed by atoms with van der Waals surface area (Å²) < 4.78 is 13.6. The fourth-order valence-corrected chi connectivity index (χ4v) is 1.81. The fourth-order valence-electron chi connectivity index (χ4n) is 1.81. The van der Waals surface area contributed by atoms with Crippen molar-refractivity contribution in [3.8, 4) is 0 Å². The zero-order valence-corrected chi connectivity index (χ0v) is 11.2. The van der Waals surface area contributed by atoms with Crippen LogP contribution in [-0.2, 0) is 0 Å². The summed E-state index contributed by atoms with van der Waals surface area (Å²) in [5.74, 6) is -1.06. The number of hydrogen-bond donors (Lipinski definition) is 1. The van der Waals surface area contributed by atoms with Crippen molar-refractivity contribution in [2.24, 2.45) is 0 Å². The predicted molar refractivity (Wildman–Crippen MR) is 75.5 cm³/mol. The molecule has 0 unspecified atom stereocenters. The highest BCUT2D eigenvalue weighted by atomic mass is 19.1. The summed E-state index contributed by atoms with van der Waals surface area (Å²) in [5, 5.41) is 2.51. The van der Waals surface area contributed by atoms with Gasteiger partial charge in [0.1, 0.15) is 5.82 Å². The largest absolute Gasteiger partial charge is 0.319 e. The van der Waals surface area contributed by atoms with Crippen LogP contribution in [0.15, 0.2) is 42.5 Å². The second-order valence-electron chi connectivity index (χ2n) is 4.57. The summed E-state index contributed by atoms with van der Waals surface area (Å²) in [6, 6.07) is 10.8. The smallest absolute Gasteiger partial charge is 0.255 e. The molecule has 2 rings (SSSR count). The molecule has 0 bridgehead atoms. The van der Waals surface area contributed by atoms with Gasteiger partial charge in [-0.2, -0.15) is 0 Å². The van der Waals surface area contributed by atoms with Crippen LogP contribution in [0.1, 0.15) is 33.2 Å². The molecule has 0 saturated heterocycles. The molecule has 4 heteroatoms. The lowest BCUT2D eigenvalue weighted by atomic mass is 10.1. The molecule has 0 aliphatic heterocycles. The molecule has 0 spiro atoms. The van der Waals surface area contributed by atoms with Crippen LogP contribution in [0.2, 0.25) is 0 Å². The quantitative estimate of drug-likeness (QED) is 0.867. The maximum atomic E-state index is 13.6. The summed E-state index contributed by atoms with van der Waals surface area (Å²) in [7, 11) is 0. The summed E-state index contributed by atoms with van der Waals surface area (Å²) in [6.45, 7) is 3.24. The molecule has 0 heterocycles. The van der Waals surface area contributed by atoms with Crippen molar-refractivity contribution in [3.63, 3.8) is 0 Å². The van der Waals surface area contributed by atoms with E-state index < -0.39 is 11.7 Å². The van der Waals surface area contributed by atoms with Crippen molar-refractivity contribution in [1.29, 1.82) is 0 Å². The van der Waals surface area contributed by atoms with Crippen molar-refractivity contribution in [2.75, 3.05) is 5.32 Å². The third-order valence-electron chi connectivity index (χ3n) is 2.90. The molecule has 0 saturated carbocycles. The van der Waals surface area contributed by atoms with Crippen LogP contribution in [-0.4, -0.2) is 11.7 Å². The van der Waals surface area contributed by atoms with E-state index in [4.69, 9.17) is 0 Å². The van der Waals surface area contributed by atoms with Gasteiger partial charge in [0.15, 0.2) is 5.78 Å². The van der Waals surface area contributed by atoms with E-state index in [1.54, 1.807) is 30.3 Å². The Morgan fingerprint density at radius 1 is 1.05 bits per heavy atom. The van der Waals surface area contributed by atoms with Crippen LogP contribution in [0, 0.1) is 12.7 Å². The third kappa shape index (κ3) is 3.09. The number of carbonyl (C=O) groups excluding carboxylic acids is 2. The molecular formula is C16H14FNO2. The zero-order valence-electron chi connectivity index (χ0n) is 11.2. The number of carbonyl (C=O) groups is 2. The number of benzene rings is 2. The molecular weight excluding hydrogens is 257 g/mol. The van der Waals surface area contributed by atoms with Crippen LogP contribution in [0.4, 0.5) is 10.1 Å². The molecule has 2 aromatic carbocycles. The minimum absolute atomic E-state index is 0.124. The molecule has 2 aromatic rings. The average Bonchev–Trinajstić information content (AvgIpc) is 2.43. The Morgan fingerprint density at radius 3 is 2.45 bits per heavy atom. The lowest BCUT2D eigenvalue weighted by Gasteiger charge is -2.08. The normalized spacial score (nSPS) is 10.2. The first-order valence-electron chi connectivity index (χ1n) is 6.16. The first-order chi connectivity index (χ1) is 9.47. The van der Waals surface area contributed by atoms with Crippen molar-refractivity contribution in [2.45, 2.75) is 13.8 Å². The van der Waals surface area contributed by atoms with Crippen LogP contribution in [0.3, 0.4) is 0 Å². The van der Waals surface area contributed by atoms with Gasteiger partial charge in [-0.05, 0) is 43.7 Å². The van der Waals surface area contributed by atoms with Crippen molar-refractivity contribution < 1.29 is 14.0 Å². The molecule has 0 aliphatic carbocycles. The van der Waals surface area contributed by atoms with Crippen molar-refractivity contribution in [3.05, 3.63) is 65.0 Å². The SMILES string of the molecule is CC(=O)c1cccc(C(=O)Nc2cc(C)ccc2F)c1. The first kappa shape index (κ1) is 13.9. The van der Waals surface area contributed by atoms with Gasteiger partial charge < -0.3 is 5.32 Å². The van der Waals surface area contributed by atoms with Crippen LogP contribution in [0.5, 0.6) is 0 Å². The Hall–Kier alpha value is -2.49. The number of Topliss-reactive ketones (excluding diaryl/α,β-unsaturated/α-hetero) is 1. The van der Waals surface area contributed by atoms with Gasteiger partial charge in [0, 0.05) is 11.1 Å². The van der Waals surface area contributed by atoms with E-state index in [0.29, 0.717) is 11.1 Å². The van der Waals surface area contributed by atoms with Crippen LogP contribution in [0.25, 0.3) is 0 Å². The zero-order chi connectivity index (χ0) is 14.7. The standard InChI is InChI=1S/C16H14FNO2/c1-10-6-7-14(17)15(8-10)18-16(20)13-5-3-4-12(9-13)11(2)19/h3-9H,1-2H3,(H,18,20). The van der Waals surface area contributed by atoms with Crippen LogP contribution >= 0.6 is 0 Å². The van der Waals surface area contributed by atoms with E-state index in [-0.39, 0.29) is 11.5 Å². The number of anilines is 1. The monoisotopic (exact) mass is 271 g/mol. The lowest BCUT2D eigenvalue weighted by molar-refractivity contribution is 0.101. The minimum Gasteiger partial charge on any atom is -0.319 e. The van der Waals surface area contributed by atoms with Gasteiger partial charge in [0.25, 0.3) is 5.91 Å². The number of rotatable bonds is 3. The summed E-state index contributed by atoms with van der Waals surface area (Å²) >= 11 is 0. The van der Waals surface area contributed by atoms with E-state index in [0.717, 1.165) is 5.56 Å². The summed E-state index contributed by atoms with van der Waals surface area (Å²) in [6.07, 6.45) is 0. The van der Waals surface area contributed by atoms with Crippen molar-refractivity contribution in [1.82, 2.24) is 0 Å². The summed E-state index contributed by atoms with van der Waals surface area (Å²) in [5.41, 5.74) is 1.74. The first-order valence-corrected chi connectivity index (χ1v) is 6.16. The number of aryl methyl sites for hydroxylation is 1. The molecule has 0 aromatic heterocycles. The molecule has 0 atom stereocenters. The highest BCUT2D eigenvalue weighted by molar-refractivity contribution is 6.06. The second kappa shape index (κ2) is 5.65. The lowest BCUT2D eigenvalue weighted by Crippen LogP contribution is -2.13. The highest BCUT2D eigenvalue weighted by Gasteiger charge is 2.11. The number of amides is 1. The van der Waals surface area contributed by atoms with E-state index in [9.17, 15) is 14.0 Å². The molecule has 0 fully saturated rings. The van der Waals surface area contributed by atoms with E-state index in [1.165, 1.54) is 19.1 Å².